The zero-order valence-corrected chi connectivity index (χ0v) is 78.7. The Morgan fingerprint density at radius 1 is 0.302 bits per heavy atom. The largest absolute Gasteiger partial charge is 0.481 e. The molecule has 2 rings (SSSR count). The summed E-state index contributed by atoms with van der Waals surface area (Å²) in [5, 5.41) is 5.80. The van der Waals surface area contributed by atoms with E-state index in [9.17, 15) is 57.5 Å². The minimum Gasteiger partial charge on any atom is -0.481 e. The molecule has 2 aromatic rings. The average molecular weight is 1860 g/mol. The van der Waals surface area contributed by atoms with E-state index in [1.807, 2.05) is 48.5 Å². The van der Waals surface area contributed by atoms with Crippen LogP contribution in [0.5, 0.6) is 0 Å². The van der Waals surface area contributed by atoms with Gasteiger partial charge in [0.05, 0.1) is 65.7 Å². The molecule has 0 bridgehead atoms. The molecule has 2 aromatic heterocycles. The summed E-state index contributed by atoms with van der Waals surface area (Å²) in [6.45, 7) is 24.0. The first-order valence-corrected chi connectivity index (χ1v) is 47.5. The van der Waals surface area contributed by atoms with Gasteiger partial charge in [0, 0.05) is 140 Å². The number of carbonyl (C=O) groups excluding carboxylic acids is 6. The molecular weight excluding hydrogens is 1740 g/mol. The van der Waals surface area contributed by atoms with E-state index >= 15 is 0 Å². The molecule has 42 heteroatoms. The molecule has 0 aromatic carbocycles. The lowest BCUT2D eigenvalue weighted by molar-refractivity contribution is -0.111. The molecule has 0 aliphatic carbocycles. The summed E-state index contributed by atoms with van der Waals surface area (Å²) in [5.74, 6) is 0.316. The van der Waals surface area contributed by atoms with Gasteiger partial charge in [0.25, 0.3) is 10.3 Å². The molecular formula is C74H120N8O22S12. The van der Waals surface area contributed by atoms with Gasteiger partial charge >= 0.3 is 34.1 Å². The van der Waals surface area contributed by atoms with Crippen LogP contribution in [0.3, 0.4) is 0 Å². The molecule has 0 fully saturated rings. The number of aromatic nitrogens is 6. The maximum absolute atomic E-state index is 14.4. The molecule has 2 heterocycles. The molecule has 660 valence electrons. The zero-order valence-electron chi connectivity index (χ0n) is 68.9. The zero-order chi connectivity index (χ0) is 86.9. The lowest BCUT2D eigenvalue weighted by Crippen LogP contribution is -2.58. The van der Waals surface area contributed by atoms with Crippen molar-refractivity contribution in [1.29, 1.82) is 0 Å². The number of carbonyl (C=O) groups is 6. The van der Waals surface area contributed by atoms with Crippen LogP contribution in [0.2, 0.25) is 0 Å². The number of nitrogens with zero attached hydrogens (tertiary/aromatic N) is 6. The molecule has 6 unspecified atom stereocenters. The topological polar surface area (TPSA) is 351 Å². The van der Waals surface area contributed by atoms with Crippen LogP contribution >= 0.6 is 144 Å². The average Bonchev–Trinajstić information content (AvgIpc) is 0.781. The van der Waals surface area contributed by atoms with Crippen molar-refractivity contribution in [2.24, 2.45) is 0 Å². The fraction of sp³-hybridized carbons (Fsp3) is 0.757. The quantitative estimate of drug-likeness (QED) is 0.0459. The van der Waals surface area contributed by atoms with E-state index in [4.69, 9.17) is 121 Å². The molecule has 0 saturated carbocycles. The van der Waals surface area contributed by atoms with Gasteiger partial charge in [-0.1, -0.05) is 133 Å². The molecule has 116 heavy (non-hydrogen) atoms. The number of ether oxygens (including phenoxy) is 10. The van der Waals surface area contributed by atoms with Gasteiger partial charge in [0.2, 0.25) is 0 Å². The van der Waals surface area contributed by atoms with Gasteiger partial charge in [0.1, 0.15) is 36.6 Å². The van der Waals surface area contributed by atoms with Crippen molar-refractivity contribution in [2.75, 3.05) is 100 Å². The highest BCUT2D eigenvalue weighted by molar-refractivity contribution is 8.14. The fourth-order valence-electron chi connectivity index (χ4n) is 9.72. The Hall–Kier alpha value is -4.28. The number of hydrogen-bond donors (Lipinski definition) is 2. The van der Waals surface area contributed by atoms with Crippen LogP contribution in [0, 0.1) is 0 Å². The summed E-state index contributed by atoms with van der Waals surface area (Å²) in [7, 11) is 0. The van der Waals surface area contributed by atoms with Gasteiger partial charge in [-0.15, -0.1) is 0 Å². The molecule has 2 N–H and O–H groups in total. The van der Waals surface area contributed by atoms with Crippen LogP contribution in [-0.2, 0) is 115 Å². The van der Waals surface area contributed by atoms with Crippen molar-refractivity contribution in [3.05, 3.63) is 62.9 Å². The maximum atomic E-state index is 14.4. The van der Waals surface area contributed by atoms with Crippen LogP contribution < -0.4 is 44.8 Å². The third-order valence-corrected chi connectivity index (χ3v) is 23.2. The van der Waals surface area contributed by atoms with Crippen molar-refractivity contribution >= 4 is 205 Å². The predicted molar refractivity (Wildman–Crippen MR) is 489 cm³/mol. The van der Waals surface area contributed by atoms with Gasteiger partial charge in [-0.25, -0.2) is 56.2 Å². The predicted octanol–water partition coefficient (Wildman–Crippen LogP) is 9.82. The highest BCUT2D eigenvalue weighted by atomic mass is 32.2. The molecule has 0 aliphatic heterocycles. The van der Waals surface area contributed by atoms with Crippen LogP contribution in [0.25, 0.3) is 0 Å². The van der Waals surface area contributed by atoms with E-state index in [1.54, 1.807) is 13.8 Å². The highest BCUT2D eigenvalue weighted by Gasteiger charge is 2.30. The van der Waals surface area contributed by atoms with Crippen molar-refractivity contribution in [1.82, 2.24) is 38.0 Å². The van der Waals surface area contributed by atoms with E-state index in [0.717, 1.165) is 124 Å². The Kier molecular flexibility index (Phi) is 62.8. The Labute approximate surface area is 738 Å². The first kappa shape index (κ1) is 110. The van der Waals surface area contributed by atoms with Gasteiger partial charge < -0.3 is 58.0 Å². The second-order valence-corrected chi connectivity index (χ2v) is 35.2. The summed E-state index contributed by atoms with van der Waals surface area (Å²) in [5.41, 5.74) is -5.81. The number of hydrogen-bond acceptors (Lipinski definition) is 34. The molecule has 0 amide bonds. The first-order valence-electron chi connectivity index (χ1n) is 39.1. The maximum Gasteiger partial charge on any atom is 0.336 e. The first-order chi connectivity index (χ1) is 55.4. The van der Waals surface area contributed by atoms with E-state index in [0.29, 0.717) is 143 Å². The number of nitrogens with one attached hydrogen (secondary N) is 2. The smallest absolute Gasteiger partial charge is 0.336 e. The molecule has 0 spiro atoms. The SMILES string of the molecule is CCCNC(=S)OC(CSC(=O)CCC)Cn1c(=O)n(CC(CSC(=O)CCC)OC(=S)CC)c(=O)n(CC(CSC(=O)CCC)OC(=S)CCCOCCOCCC)c1=O.CCCNC(=S)OC(CSC(C)=O)Cn1c(=O)n(CC(CSC(C)=O)OC(=S)CC)c(=O)n(CC(CSC(C)=O)OC(=S)CCCOCCOCCC)c1=O. The van der Waals surface area contributed by atoms with Crippen molar-refractivity contribution in [2.45, 2.75) is 262 Å². The number of thiocarbonyl (C=S) groups is 6. The molecule has 0 aliphatic rings. The van der Waals surface area contributed by atoms with E-state index in [1.165, 1.54) is 20.8 Å². The van der Waals surface area contributed by atoms with Gasteiger partial charge in [0.15, 0.2) is 50.9 Å². The standard InChI is InChI=1S/C40H66N4O11S6.C34H54N4O11S6/c1-7-14-32(45)59-26-29(53-35(56)12-6)23-42-38(48)43(24-30(27-60-33(46)15-8-2)54-36(57)17-13-20-52-22-21-51-19-11-5)40(50)44(39(42)49)25-31(28-61-34(47)16-9-3)55-37(58)41-18-10-4;1-7-12-35-31(52)49-28(22-55-25(6)41)19-38-33(43)36(17-26(20-53-23(4)39)47-29(50)9-3)32(42)37(34(38)44)18-27(21-54-24(5)40)48-30(51)11-10-14-46-16-15-45-13-8-2/h29-31H,7-28H2,1-6H3,(H,41,58);26-28H,7-22H2,1-6H3,(H,35,52). The van der Waals surface area contributed by atoms with Gasteiger partial charge in [-0.2, -0.15) is 0 Å². The Balaban J connectivity index is 0.00000117. The second kappa shape index (κ2) is 66.4. The molecule has 0 radical (unpaired) electrons. The summed E-state index contributed by atoms with van der Waals surface area (Å²) in [6, 6.07) is 0. The van der Waals surface area contributed by atoms with E-state index in [-0.39, 0.29) is 135 Å². The molecule has 30 nitrogen and oxygen atoms in total. The number of rotatable bonds is 60. The van der Waals surface area contributed by atoms with Crippen LogP contribution in [0.1, 0.15) is 186 Å². The van der Waals surface area contributed by atoms with Crippen molar-refractivity contribution in [3.8, 4) is 0 Å². The Bertz CT molecular complexity index is 3780. The normalized spacial score (nSPS) is 12.7. The minimum atomic E-state index is -0.981. The summed E-state index contributed by atoms with van der Waals surface area (Å²) < 4.78 is 63.2. The fourth-order valence-corrected chi connectivity index (χ4v) is 15.5. The number of thioether (sulfide) groups is 6. The van der Waals surface area contributed by atoms with Crippen LogP contribution in [0.4, 0.5) is 0 Å². The van der Waals surface area contributed by atoms with Crippen molar-refractivity contribution < 1.29 is 76.1 Å². The highest BCUT2D eigenvalue weighted by Crippen LogP contribution is 2.19. The lowest BCUT2D eigenvalue weighted by Gasteiger charge is -2.24. The van der Waals surface area contributed by atoms with Crippen LogP contribution in [0.15, 0.2) is 28.8 Å². The lowest BCUT2D eigenvalue weighted by atomic mass is 10.3. The van der Waals surface area contributed by atoms with Gasteiger partial charge in [-0.3, -0.25) is 28.8 Å². The van der Waals surface area contributed by atoms with Gasteiger partial charge in [-0.05, 0) is 131 Å². The molecule has 6 atom stereocenters. The van der Waals surface area contributed by atoms with E-state index in [2.05, 4.69) is 10.6 Å². The van der Waals surface area contributed by atoms with E-state index < -0.39 is 70.8 Å². The monoisotopic (exact) mass is 1860 g/mol. The third-order valence-electron chi connectivity index (χ3n) is 15.3. The third kappa shape index (κ3) is 49.0. The minimum absolute atomic E-state index is 0.0129. The Morgan fingerprint density at radius 2 is 0.534 bits per heavy atom. The second-order valence-electron chi connectivity index (χ2n) is 25.8. The molecule has 0 saturated heterocycles. The summed E-state index contributed by atoms with van der Waals surface area (Å²) >= 11 is 38.2. The Morgan fingerprint density at radius 3 is 0.759 bits per heavy atom. The van der Waals surface area contributed by atoms with Crippen LogP contribution in [-0.4, -0.2) is 226 Å². The van der Waals surface area contributed by atoms with Crippen molar-refractivity contribution in [3.63, 3.8) is 0 Å². The summed E-state index contributed by atoms with van der Waals surface area (Å²) in [6.07, 6.45) is 3.07. The summed E-state index contributed by atoms with van der Waals surface area (Å²) in [4.78, 5) is 159.